The van der Waals surface area contributed by atoms with Gasteiger partial charge < -0.3 is 19.4 Å². The van der Waals surface area contributed by atoms with Gasteiger partial charge in [0, 0.05) is 45.0 Å². The van der Waals surface area contributed by atoms with Gasteiger partial charge >= 0.3 is 0 Å². The van der Waals surface area contributed by atoms with Crippen LogP contribution < -0.4 is 14.5 Å². The fraction of sp³-hybridized carbons (Fsp3) is 0.350. The van der Waals surface area contributed by atoms with Crippen molar-refractivity contribution in [3.05, 3.63) is 48.7 Å². The molecular formula is C20H24N4O3. The van der Waals surface area contributed by atoms with Crippen LogP contribution in [0, 0.1) is 0 Å². The molecule has 1 aromatic heterocycles. The highest BCUT2D eigenvalue weighted by molar-refractivity contribution is 5.97. The first-order valence-corrected chi connectivity index (χ1v) is 8.94. The van der Waals surface area contributed by atoms with E-state index in [1.54, 1.807) is 42.5 Å². The lowest BCUT2D eigenvalue weighted by molar-refractivity contribution is -0.131. The van der Waals surface area contributed by atoms with Crippen LogP contribution >= 0.6 is 0 Å². The third-order valence-electron chi connectivity index (χ3n) is 4.66. The number of hydrogen-bond acceptors (Lipinski definition) is 5. The molecule has 1 aliphatic heterocycles. The molecule has 3 rings (SSSR count). The Hall–Kier alpha value is -3.09. The zero-order valence-electron chi connectivity index (χ0n) is 15.7. The van der Waals surface area contributed by atoms with Gasteiger partial charge in [-0.3, -0.25) is 9.59 Å². The number of nitrogens with zero attached hydrogens (tertiary/aromatic N) is 4. The Bertz CT molecular complexity index is 772. The minimum Gasteiger partial charge on any atom is -0.497 e. The van der Waals surface area contributed by atoms with Gasteiger partial charge in [0.2, 0.25) is 11.8 Å². The highest BCUT2D eigenvalue weighted by atomic mass is 16.5. The summed E-state index contributed by atoms with van der Waals surface area (Å²) in [5.41, 5.74) is 0.684. The molecule has 0 aliphatic carbocycles. The number of benzene rings is 1. The van der Waals surface area contributed by atoms with Gasteiger partial charge in [0.15, 0.2) is 0 Å². The number of ether oxygens (including phenoxy) is 1. The highest BCUT2D eigenvalue weighted by Gasteiger charge is 2.24. The lowest BCUT2D eigenvalue weighted by atomic mass is 10.2. The number of aromatic nitrogens is 1. The third kappa shape index (κ3) is 4.55. The van der Waals surface area contributed by atoms with E-state index in [9.17, 15) is 9.59 Å². The molecule has 2 heterocycles. The van der Waals surface area contributed by atoms with E-state index >= 15 is 0 Å². The van der Waals surface area contributed by atoms with Crippen molar-refractivity contribution in [2.24, 2.45) is 0 Å². The Balaban J connectivity index is 1.60. The molecule has 7 heteroatoms. The van der Waals surface area contributed by atoms with Crippen LogP contribution in [0.2, 0.25) is 0 Å². The van der Waals surface area contributed by atoms with Gasteiger partial charge in [-0.15, -0.1) is 0 Å². The molecule has 0 saturated carbocycles. The Kier molecular flexibility index (Phi) is 5.90. The van der Waals surface area contributed by atoms with E-state index in [1.807, 2.05) is 18.2 Å². The summed E-state index contributed by atoms with van der Waals surface area (Å²) in [4.78, 5) is 34.6. The maximum Gasteiger partial charge on any atom is 0.242 e. The number of anilines is 2. The van der Waals surface area contributed by atoms with E-state index in [0.29, 0.717) is 24.5 Å². The number of pyridine rings is 1. The van der Waals surface area contributed by atoms with E-state index in [2.05, 4.69) is 9.88 Å². The van der Waals surface area contributed by atoms with Crippen molar-refractivity contribution in [3.63, 3.8) is 0 Å². The summed E-state index contributed by atoms with van der Waals surface area (Å²) in [5.74, 6) is 1.41. The summed E-state index contributed by atoms with van der Waals surface area (Å²) >= 11 is 0. The van der Waals surface area contributed by atoms with Crippen LogP contribution in [-0.4, -0.2) is 61.5 Å². The average Bonchev–Trinajstić information content (AvgIpc) is 2.72. The zero-order valence-corrected chi connectivity index (χ0v) is 15.7. The smallest absolute Gasteiger partial charge is 0.242 e. The molecule has 0 bridgehead atoms. The monoisotopic (exact) mass is 368 g/mol. The predicted octanol–water partition coefficient (Wildman–Crippen LogP) is 1.79. The molecule has 2 aromatic rings. The molecule has 1 aliphatic rings. The molecule has 1 fully saturated rings. The van der Waals surface area contributed by atoms with Crippen molar-refractivity contribution in [2.45, 2.75) is 6.92 Å². The first kappa shape index (κ1) is 18.7. The van der Waals surface area contributed by atoms with Gasteiger partial charge in [0.1, 0.15) is 18.1 Å². The summed E-state index contributed by atoms with van der Waals surface area (Å²) in [5, 5.41) is 0. The van der Waals surface area contributed by atoms with Crippen molar-refractivity contribution in [1.82, 2.24) is 9.88 Å². The van der Waals surface area contributed by atoms with Crippen LogP contribution in [0.1, 0.15) is 6.92 Å². The van der Waals surface area contributed by atoms with Crippen LogP contribution in [-0.2, 0) is 9.59 Å². The first-order valence-electron chi connectivity index (χ1n) is 8.94. The molecule has 1 aromatic carbocycles. The molecule has 0 spiro atoms. The summed E-state index contributed by atoms with van der Waals surface area (Å²) in [7, 11) is 1.59. The standard InChI is InChI=1S/C20H24N4O3/c1-16(25)24(17-6-8-18(27-2)9-7-17)15-20(26)23-13-11-22(12-14-23)19-5-3-4-10-21-19/h3-10H,11-15H2,1-2H3. The van der Waals surface area contributed by atoms with Crippen molar-refractivity contribution < 1.29 is 14.3 Å². The zero-order chi connectivity index (χ0) is 19.2. The quantitative estimate of drug-likeness (QED) is 0.805. The molecule has 1 saturated heterocycles. The van der Waals surface area contributed by atoms with E-state index in [-0.39, 0.29) is 18.4 Å². The van der Waals surface area contributed by atoms with Gasteiger partial charge in [-0.1, -0.05) is 6.07 Å². The maximum atomic E-state index is 12.7. The summed E-state index contributed by atoms with van der Waals surface area (Å²) in [6.45, 7) is 4.19. The topological polar surface area (TPSA) is 66.0 Å². The Morgan fingerprint density at radius 2 is 1.78 bits per heavy atom. The fourth-order valence-corrected chi connectivity index (χ4v) is 3.11. The van der Waals surface area contributed by atoms with Crippen molar-refractivity contribution in [2.75, 3.05) is 49.6 Å². The van der Waals surface area contributed by atoms with Crippen LogP contribution in [0.4, 0.5) is 11.5 Å². The molecule has 0 atom stereocenters. The number of amides is 2. The van der Waals surface area contributed by atoms with Crippen LogP contribution in [0.3, 0.4) is 0 Å². The Labute approximate surface area is 159 Å². The Morgan fingerprint density at radius 3 is 2.33 bits per heavy atom. The second-order valence-corrected chi connectivity index (χ2v) is 6.36. The molecule has 27 heavy (non-hydrogen) atoms. The fourth-order valence-electron chi connectivity index (χ4n) is 3.11. The Morgan fingerprint density at radius 1 is 1.07 bits per heavy atom. The number of methoxy groups -OCH3 is 1. The number of hydrogen-bond donors (Lipinski definition) is 0. The van der Waals surface area contributed by atoms with Gasteiger partial charge in [0.05, 0.1) is 7.11 Å². The van der Waals surface area contributed by atoms with Crippen molar-refractivity contribution in [3.8, 4) is 5.75 Å². The molecule has 0 N–H and O–H groups in total. The lowest BCUT2D eigenvalue weighted by Gasteiger charge is -2.36. The number of piperazine rings is 1. The van der Waals surface area contributed by atoms with E-state index in [4.69, 9.17) is 4.74 Å². The predicted molar refractivity (Wildman–Crippen MR) is 104 cm³/mol. The second-order valence-electron chi connectivity index (χ2n) is 6.36. The van der Waals surface area contributed by atoms with Crippen LogP contribution in [0.5, 0.6) is 5.75 Å². The molecule has 0 radical (unpaired) electrons. The number of carbonyl (C=O) groups excluding carboxylic acids is 2. The molecule has 7 nitrogen and oxygen atoms in total. The average molecular weight is 368 g/mol. The molecule has 142 valence electrons. The normalized spacial score (nSPS) is 14.0. The summed E-state index contributed by atoms with van der Waals surface area (Å²) in [6, 6.07) is 12.9. The summed E-state index contributed by atoms with van der Waals surface area (Å²) < 4.78 is 5.14. The SMILES string of the molecule is COc1ccc(N(CC(=O)N2CCN(c3ccccn3)CC2)C(C)=O)cc1. The van der Waals surface area contributed by atoms with Crippen molar-refractivity contribution >= 4 is 23.3 Å². The van der Waals surface area contributed by atoms with Gasteiger partial charge in [0.25, 0.3) is 0 Å². The largest absolute Gasteiger partial charge is 0.497 e. The number of carbonyl (C=O) groups is 2. The van der Waals surface area contributed by atoms with Gasteiger partial charge in [-0.2, -0.15) is 0 Å². The second kappa shape index (κ2) is 8.53. The van der Waals surface area contributed by atoms with Gasteiger partial charge in [-0.25, -0.2) is 4.98 Å². The minimum atomic E-state index is -0.166. The number of rotatable bonds is 5. The lowest BCUT2D eigenvalue weighted by Crippen LogP contribution is -2.52. The van der Waals surface area contributed by atoms with E-state index in [0.717, 1.165) is 18.9 Å². The summed E-state index contributed by atoms with van der Waals surface area (Å²) in [6.07, 6.45) is 1.77. The highest BCUT2D eigenvalue weighted by Crippen LogP contribution is 2.20. The van der Waals surface area contributed by atoms with Crippen molar-refractivity contribution in [1.29, 1.82) is 0 Å². The molecule has 2 amide bonds. The molecule has 0 unspecified atom stereocenters. The molecular weight excluding hydrogens is 344 g/mol. The minimum absolute atomic E-state index is 0.0330. The van der Waals surface area contributed by atoms with E-state index < -0.39 is 0 Å². The first-order chi connectivity index (χ1) is 13.1. The maximum absolute atomic E-state index is 12.7. The van der Waals surface area contributed by atoms with Gasteiger partial charge in [-0.05, 0) is 36.4 Å². The van der Waals surface area contributed by atoms with E-state index in [1.165, 1.54) is 11.8 Å². The van der Waals surface area contributed by atoms with Crippen LogP contribution in [0.25, 0.3) is 0 Å². The third-order valence-corrected chi connectivity index (χ3v) is 4.66. The van der Waals surface area contributed by atoms with Crippen LogP contribution in [0.15, 0.2) is 48.7 Å².